The average Bonchev–Trinajstić information content (AvgIpc) is 2.27. The summed E-state index contributed by atoms with van der Waals surface area (Å²) in [5.41, 5.74) is 6.30. The minimum Gasteiger partial charge on any atom is -0.480 e. The molecule has 0 aromatic carbocycles. The zero-order chi connectivity index (χ0) is 11.3. The van der Waals surface area contributed by atoms with E-state index in [4.69, 9.17) is 15.2 Å². The van der Waals surface area contributed by atoms with Crippen molar-refractivity contribution in [2.45, 2.75) is 12.8 Å². The van der Waals surface area contributed by atoms with Gasteiger partial charge in [-0.1, -0.05) is 0 Å². The van der Waals surface area contributed by atoms with E-state index in [2.05, 4.69) is 25.9 Å². The van der Waals surface area contributed by atoms with Gasteiger partial charge >= 0.3 is 6.01 Å². The molecule has 1 aromatic rings. The number of hydrogen-bond donors (Lipinski definition) is 1. The van der Waals surface area contributed by atoms with E-state index in [1.54, 1.807) is 7.11 Å². The standard InChI is InChI=1S/C9H14BrN3O2/c1-14-8-7(10)6(4-3-5-11)12-9(13-8)15-2/h3-5,11H2,1-2H3. The SMILES string of the molecule is COc1nc(CCCN)c(Br)c(OC)n1. The Morgan fingerprint density at radius 2 is 2.00 bits per heavy atom. The van der Waals surface area contributed by atoms with E-state index in [0.29, 0.717) is 18.4 Å². The fraction of sp³-hybridized carbons (Fsp3) is 0.556. The topological polar surface area (TPSA) is 70.3 Å². The van der Waals surface area contributed by atoms with Crippen molar-refractivity contribution in [2.24, 2.45) is 5.73 Å². The Labute approximate surface area is 97.1 Å². The van der Waals surface area contributed by atoms with Crippen LogP contribution >= 0.6 is 15.9 Å². The highest BCUT2D eigenvalue weighted by molar-refractivity contribution is 9.10. The first-order valence-corrected chi connectivity index (χ1v) is 5.36. The molecule has 0 aliphatic rings. The molecule has 0 saturated carbocycles. The number of halogens is 1. The molecule has 2 N–H and O–H groups in total. The minimum atomic E-state index is 0.307. The first kappa shape index (κ1) is 12.2. The van der Waals surface area contributed by atoms with E-state index in [9.17, 15) is 0 Å². The van der Waals surface area contributed by atoms with Crippen LogP contribution in [0.2, 0.25) is 0 Å². The van der Waals surface area contributed by atoms with Crippen LogP contribution in [0.15, 0.2) is 4.47 Å². The third-order valence-electron chi connectivity index (χ3n) is 1.86. The summed E-state index contributed by atoms with van der Waals surface area (Å²) in [4.78, 5) is 8.27. The van der Waals surface area contributed by atoms with Crippen LogP contribution in [0.3, 0.4) is 0 Å². The summed E-state index contributed by atoms with van der Waals surface area (Å²) >= 11 is 3.39. The summed E-state index contributed by atoms with van der Waals surface area (Å²) in [6, 6.07) is 0.307. The van der Waals surface area contributed by atoms with Crippen molar-refractivity contribution in [1.29, 1.82) is 0 Å². The molecule has 0 fully saturated rings. The molecule has 0 saturated heterocycles. The van der Waals surface area contributed by atoms with Crippen LogP contribution in [0, 0.1) is 0 Å². The molecule has 0 aliphatic heterocycles. The highest BCUT2D eigenvalue weighted by atomic mass is 79.9. The number of ether oxygens (including phenoxy) is 2. The lowest BCUT2D eigenvalue weighted by Gasteiger charge is -2.08. The van der Waals surface area contributed by atoms with Gasteiger partial charge in [-0.25, -0.2) is 0 Å². The van der Waals surface area contributed by atoms with E-state index < -0.39 is 0 Å². The zero-order valence-electron chi connectivity index (χ0n) is 8.79. The van der Waals surface area contributed by atoms with Gasteiger partial charge in [0.05, 0.1) is 19.9 Å². The lowest BCUT2D eigenvalue weighted by molar-refractivity contribution is 0.348. The van der Waals surface area contributed by atoms with Crippen molar-refractivity contribution in [1.82, 2.24) is 9.97 Å². The molecule has 0 radical (unpaired) electrons. The van der Waals surface area contributed by atoms with Crippen molar-refractivity contribution in [2.75, 3.05) is 20.8 Å². The summed E-state index contributed by atoms with van der Waals surface area (Å²) < 4.78 is 10.8. The van der Waals surface area contributed by atoms with Crippen LogP contribution in [0.25, 0.3) is 0 Å². The Balaban J connectivity index is 3.01. The predicted molar refractivity (Wildman–Crippen MR) is 60.2 cm³/mol. The van der Waals surface area contributed by atoms with Gasteiger partial charge in [-0.15, -0.1) is 0 Å². The molecule has 5 nitrogen and oxygen atoms in total. The minimum absolute atomic E-state index is 0.307. The zero-order valence-corrected chi connectivity index (χ0v) is 10.4. The van der Waals surface area contributed by atoms with Gasteiger partial charge in [0.2, 0.25) is 5.88 Å². The van der Waals surface area contributed by atoms with Crippen LogP contribution < -0.4 is 15.2 Å². The molecule has 0 aliphatic carbocycles. The van der Waals surface area contributed by atoms with Crippen LogP contribution in [0.4, 0.5) is 0 Å². The van der Waals surface area contributed by atoms with Gasteiger partial charge in [0, 0.05) is 0 Å². The van der Waals surface area contributed by atoms with Gasteiger partial charge in [-0.2, -0.15) is 9.97 Å². The third kappa shape index (κ3) is 3.04. The van der Waals surface area contributed by atoms with Crippen LogP contribution in [0.1, 0.15) is 12.1 Å². The summed E-state index contributed by atoms with van der Waals surface area (Å²) in [6.45, 7) is 0.626. The third-order valence-corrected chi connectivity index (χ3v) is 2.66. The van der Waals surface area contributed by atoms with Crippen molar-refractivity contribution in [3.8, 4) is 11.9 Å². The first-order chi connectivity index (χ1) is 7.22. The van der Waals surface area contributed by atoms with Crippen molar-refractivity contribution in [3.05, 3.63) is 10.2 Å². The maximum Gasteiger partial charge on any atom is 0.319 e. The normalized spacial score (nSPS) is 10.1. The van der Waals surface area contributed by atoms with Crippen molar-refractivity contribution in [3.63, 3.8) is 0 Å². The van der Waals surface area contributed by atoms with E-state index in [1.807, 2.05) is 0 Å². The number of hydrogen-bond acceptors (Lipinski definition) is 5. The monoisotopic (exact) mass is 275 g/mol. The highest BCUT2D eigenvalue weighted by Gasteiger charge is 2.12. The molecule has 0 spiro atoms. The number of nitrogens with two attached hydrogens (primary N) is 1. The van der Waals surface area contributed by atoms with Gasteiger partial charge < -0.3 is 15.2 Å². The Morgan fingerprint density at radius 3 is 2.53 bits per heavy atom. The molecule has 0 bridgehead atoms. The van der Waals surface area contributed by atoms with Gasteiger partial charge in [0.1, 0.15) is 4.47 Å². The Morgan fingerprint density at radius 1 is 1.27 bits per heavy atom. The van der Waals surface area contributed by atoms with Gasteiger partial charge in [0.25, 0.3) is 0 Å². The molecule has 0 unspecified atom stereocenters. The molecular weight excluding hydrogens is 262 g/mol. The van der Waals surface area contributed by atoms with Gasteiger partial charge in [0.15, 0.2) is 0 Å². The fourth-order valence-corrected chi connectivity index (χ4v) is 1.65. The molecular formula is C9H14BrN3O2. The molecule has 1 heterocycles. The van der Waals surface area contributed by atoms with Crippen LogP contribution in [-0.2, 0) is 6.42 Å². The predicted octanol–water partition coefficient (Wildman–Crippen LogP) is 1.15. The number of aromatic nitrogens is 2. The number of nitrogens with zero attached hydrogens (tertiary/aromatic N) is 2. The molecule has 0 atom stereocenters. The van der Waals surface area contributed by atoms with E-state index in [-0.39, 0.29) is 0 Å². The second kappa shape index (κ2) is 5.87. The number of aryl methyl sites for hydroxylation is 1. The quantitative estimate of drug-likeness (QED) is 0.873. The van der Waals surface area contributed by atoms with Crippen molar-refractivity contribution < 1.29 is 9.47 Å². The molecule has 84 valence electrons. The molecule has 0 amide bonds. The number of methoxy groups -OCH3 is 2. The summed E-state index contributed by atoms with van der Waals surface area (Å²) in [7, 11) is 3.08. The Hall–Kier alpha value is -0.880. The van der Waals surface area contributed by atoms with Crippen LogP contribution in [0.5, 0.6) is 11.9 Å². The molecule has 1 rings (SSSR count). The molecule has 15 heavy (non-hydrogen) atoms. The summed E-state index contributed by atoms with van der Waals surface area (Å²) in [5, 5.41) is 0. The van der Waals surface area contributed by atoms with E-state index in [0.717, 1.165) is 23.0 Å². The highest BCUT2D eigenvalue weighted by Crippen LogP contribution is 2.28. The lowest BCUT2D eigenvalue weighted by atomic mass is 10.2. The number of rotatable bonds is 5. The van der Waals surface area contributed by atoms with Crippen LogP contribution in [-0.4, -0.2) is 30.7 Å². The first-order valence-electron chi connectivity index (χ1n) is 4.57. The summed E-state index contributed by atoms with van der Waals surface area (Å²) in [6.07, 6.45) is 1.63. The molecule has 6 heteroatoms. The Kier molecular flexibility index (Phi) is 4.77. The Bertz CT molecular complexity index is 333. The largest absolute Gasteiger partial charge is 0.480 e. The van der Waals surface area contributed by atoms with Gasteiger partial charge in [-0.05, 0) is 35.3 Å². The van der Waals surface area contributed by atoms with E-state index in [1.165, 1.54) is 7.11 Å². The fourth-order valence-electron chi connectivity index (χ4n) is 1.11. The maximum atomic E-state index is 5.45. The van der Waals surface area contributed by atoms with Gasteiger partial charge in [-0.3, -0.25) is 0 Å². The van der Waals surface area contributed by atoms with Crippen molar-refractivity contribution >= 4 is 15.9 Å². The van der Waals surface area contributed by atoms with E-state index >= 15 is 0 Å². The maximum absolute atomic E-state index is 5.45. The average molecular weight is 276 g/mol. The lowest BCUT2D eigenvalue weighted by Crippen LogP contribution is -2.05. The molecule has 1 aromatic heterocycles. The summed E-state index contributed by atoms with van der Waals surface area (Å²) in [5.74, 6) is 0.480. The smallest absolute Gasteiger partial charge is 0.319 e. The second-order valence-corrected chi connectivity index (χ2v) is 3.67. The second-order valence-electron chi connectivity index (χ2n) is 2.87.